The first-order valence-corrected chi connectivity index (χ1v) is 11.8. The number of Topliss-reactive ketones (excluding diaryl/α,β-unsaturated/α-hetero) is 1. The summed E-state index contributed by atoms with van der Waals surface area (Å²) in [6.45, 7) is 3.56. The van der Waals surface area contributed by atoms with E-state index in [2.05, 4.69) is 0 Å². The van der Waals surface area contributed by atoms with Crippen molar-refractivity contribution in [1.82, 2.24) is 0 Å². The van der Waals surface area contributed by atoms with E-state index in [9.17, 15) is 18.0 Å². The van der Waals surface area contributed by atoms with Crippen molar-refractivity contribution in [3.8, 4) is 5.75 Å². The maximum atomic E-state index is 13.0. The van der Waals surface area contributed by atoms with E-state index in [1.54, 1.807) is 48.5 Å². The van der Waals surface area contributed by atoms with Crippen LogP contribution in [-0.4, -0.2) is 33.8 Å². The number of para-hydroxylation sites is 1. The molecule has 7 nitrogen and oxygen atoms in total. The predicted octanol–water partition coefficient (Wildman–Crippen LogP) is 4.47. The Morgan fingerprint density at radius 3 is 2.30 bits per heavy atom. The van der Waals surface area contributed by atoms with Crippen molar-refractivity contribution in [3.05, 3.63) is 89.5 Å². The zero-order valence-electron chi connectivity index (χ0n) is 18.6. The Morgan fingerprint density at radius 1 is 0.909 bits per heavy atom. The molecule has 3 aromatic carbocycles. The Balaban J connectivity index is 1.81. The standard InChI is InChI=1S/C25H25NO6S/c1-4-31-24-14-13-19(18(2)27)15-21(24)17-32-25(28)20-9-8-12-23(16-20)33(29,30)26(3)22-10-6-5-7-11-22/h5-16H,4,17H2,1-3H3. The lowest BCUT2D eigenvalue weighted by atomic mass is 10.1. The summed E-state index contributed by atoms with van der Waals surface area (Å²) in [4.78, 5) is 24.4. The highest BCUT2D eigenvalue weighted by Gasteiger charge is 2.23. The van der Waals surface area contributed by atoms with Gasteiger partial charge in [0.25, 0.3) is 10.0 Å². The van der Waals surface area contributed by atoms with Crippen molar-refractivity contribution < 1.29 is 27.5 Å². The fourth-order valence-electron chi connectivity index (χ4n) is 3.15. The number of anilines is 1. The topological polar surface area (TPSA) is 90.0 Å². The van der Waals surface area contributed by atoms with Crippen molar-refractivity contribution in [3.63, 3.8) is 0 Å². The van der Waals surface area contributed by atoms with Gasteiger partial charge in [-0.15, -0.1) is 0 Å². The lowest BCUT2D eigenvalue weighted by Gasteiger charge is -2.19. The van der Waals surface area contributed by atoms with E-state index in [0.717, 1.165) is 4.31 Å². The molecule has 33 heavy (non-hydrogen) atoms. The molecule has 3 aromatic rings. The molecule has 0 saturated carbocycles. The van der Waals surface area contributed by atoms with Gasteiger partial charge in [0.05, 0.1) is 22.8 Å². The van der Waals surface area contributed by atoms with E-state index >= 15 is 0 Å². The van der Waals surface area contributed by atoms with Gasteiger partial charge in [-0.2, -0.15) is 0 Å². The van der Waals surface area contributed by atoms with Gasteiger partial charge in [0.2, 0.25) is 0 Å². The molecule has 8 heteroatoms. The molecule has 0 aliphatic heterocycles. The highest BCUT2D eigenvalue weighted by Crippen LogP contribution is 2.24. The highest BCUT2D eigenvalue weighted by atomic mass is 32.2. The SMILES string of the molecule is CCOc1ccc(C(C)=O)cc1COC(=O)c1cccc(S(=O)(=O)N(C)c2ccccc2)c1. The van der Waals surface area contributed by atoms with Crippen LogP contribution in [0.4, 0.5) is 5.69 Å². The average Bonchev–Trinajstić information content (AvgIpc) is 2.83. The van der Waals surface area contributed by atoms with Gasteiger partial charge >= 0.3 is 5.97 Å². The predicted molar refractivity (Wildman–Crippen MR) is 125 cm³/mol. The van der Waals surface area contributed by atoms with Crippen LogP contribution in [0, 0.1) is 0 Å². The number of ether oxygens (including phenoxy) is 2. The molecule has 0 fully saturated rings. The van der Waals surface area contributed by atoms with Crippen molar-refractivity contribution in [2.45, 2.75) is 25.3 Å². The fraction of sp³-hybridized carbons (Fsp3) is 0.200. The number of hydrogen-bond acceptors (Lipinski definition) is 6. The number of sulfonamides is 1. The summed E-state index contributed by atoms with van der Waals surface area (Å²) in [7, 11) is -2.42. The monoisotopic (exact) mass is 467 g/mol. The van der Waals surface area contributed by atoms with Crippen molar-refractivity contribution in [2.75, 3.05) is 18.0 Å². The minimum absolute atomic E-state index is 0.0307. The van der Waals surface area contributed by atoms with Gasteiger partial charge in [-0.3, -0.25) is 9.10 Å². The van der Waals surface area contributed by atoms with Gasteiger partial charge in [-0.1, -0.05) is 24.3 Å². The van der Waals surface area contributed by atoms with Gasteiger partial charge in [-0.25, -0.2) is 13.2 Å². The molecule has 0 radical (unpaired) electrons. The first kappa shape index (κ1) is 24.0. The third-order valence-corrected chi connectivity index (χ3v) is 6.76. The van der Waals surface area contributed by atoms with E-state index in [0.29, 0.717) is 29.2 Å². The Morgan fingerprint density at radius 2 is 1.64 bits per heavy atom. The fourth-order valence-corrected chi connectivity index (χ4v) is 4.39. The lowest BCUT2D eigenvalue weighted by molar-refractivity contribution is 0.0469. The van der Waals surface area contributed by atoms with Crippen LogP contribution in [0.1, 0.15) is 40.1 Å². The number of ketones is 1. The molecule has 0 bridgehead atoms. The summed E-state index contributed by atoms with van der Waals surface area (Å²) in [5, 5.41) is 0. The Kier molecular flexibility index (Phi) is 7.50. The van der Waals surface area contributed by atoms with E-state index in [-0.39, 0.29) is 22.8 Å². The molecule has 0 spiro atoms. The van der Waals surface area contributed by atoms with Crippen LogP contribution < -0.4 is 9.04 Å². The van der Waals surface area contributed by atoms with Gasteiger partial charge in [0, 0.05) is 18.2 Å². The second-order valence-corrected chi connectivity index (χ2v) is 9.19. The number of carbonyl (C=O) groups excluding carboxylic acids is 2. The third kappa shape index (κ3) is 5.59. The van der Waals surface area contributed by atoms with E-state index in [1.807, 2.05) is 6.92 Å². The summed E-state index contributed by atoms with van der Waals surface area (Å²) in [5.41, 5.74) is 1.62. The summed E-state index contributed by atoms with van der Waals surface area (Å²) in [6, 6.07) is 19.3. The Hall–Kier alpha value is -3.65. The molecule has 0 amide bonds. The van der Waals surface area contributed by atoms with Crippen LogP contribution in [0.2, 0.25) is 0 Å². The molecule has 0 heterocycles. The Labute approximate surface area is 193 Å². The van der Waals surface area contributed by atoms with Gasteiger partial charge in [0.1, 0.15) is 12.4 Å². The van der Waals surface area contributed by atoms with Crippen molar-refractivity contribution >= 4 is 27.5 Å². The number of rotatable bonds is 9. The molecule has 0 aromatic heterocycles. The number of benzene rings is 3. The van der Waals surface area contributed by atoms with E-state index in [1.165, 1.54) is 38.2 Å². The summed E-state index contributed by atoms with van der Waals surface area (Å²) < 4.78 is 38.2. The molecule has 0 aliphatic carbocycles. The number of carbonyl (C=O) groups is 2. The number of hydrogen-bond donors (Lipinski definition) is 0. The number of esters is 1. The molecule has 0 saturated heterocycles. The van der Waals surface area contributed by atoms with Gasteiger partial charge in [0.15, 0.2) is 5.78 Å². The second-order valence-electron chi connectivity index (χ2n) is 7.22. The van der Waals surface area contributed by atoms with Gasteiger partial charge in [-0.05, 0) is 62.4 Å². The van der Waals surface area contributed by atoms with Crippen molar-refractivity contribution in [1.29, 1.82) is 0 Å². The lowest BCUT2D eigenvalue weighted by Crippen LogP contribution is -2.26. The molecule has 0 unspecified atom stereocenters. The summed E-state index contributed by atoms with van der Waals surface area (Å²) in [5.74, 6) is -0.299. The molecule has 172 valence electrons. The number of nitrogens with zero attached hydrogens (tertiary/aromatic N) is 1. The zero-order chi connectivity index (χ0) is 24.0. The van der Waals surface area contributed by atoms with E-state index in [4.69, 9.17) is 9.47 Å². The minimum Gasteiger partial charge on any atom is -0.493 e. The van der Waals surface area contributed by atoms with E-state index < -0.39 is 16.0 Å². The summed E-state index contributed by atoms with van der Waals surface area (Å²) >= 11 is 0. The first-order valence-electron chi connectivity index (χ1n) is 10.3. The van der Waals surface area contributed by atoms with Crippen LogP contribution in [0.3, 0.4) is 0 Å². The van der Waals surface area contributed by atoms with Crippen LogP contribution in [0.5, 0.6) is 5.75 Å². The first-order chi connectivity index (χ1) is 15.7. The molecule has 0 aliphatic rings. The maximum absolute atomic E-state index is 13.0. The van der Waals surface area contributed by atoms with Crippen LogP contribution >= 0.6 is 0 Å². The molecule has 0 atom stereocenters. The zero-order valence-corrected chi connectivity index (χ0v) is 19.5. The van der Waals surface area contributed by atoms with Crippen LogP contribution in [0.15, 0.2) is 77.7 Å². The largest absolute Gasteiger partial charge is 0.493 e. The summed E-state index contributed by atoms with van der Waals surface area (Å²) in [6.07, 6.45) is 0. The smallest absolute Gasteiger partial charge is 0.338 e. The maximum Gasteiger partial charge on any atom is 0.338 e. The van der Waals surface area contributed by atoms with Crippen LogP contribution in [-0.2, 0) is 21.4 Å². The van der Waals surface area contributed by atoms with Crippen molar-refractivity contribution in [2.24, 2.45) is 0 Å². The quantitative estimate of drug-likeness (QED) is 0.341. The second kappa shape index (κ2) is 10.3. The van der Waals surface area contributed by atoms with Crippen LogP contribution in [0.25, 0.3) is 0 Å². The normalized spacial score (nSPS) is 11.0. The molecule has 3 rings (SSSR count). The highest BCUT2D eigenvalue weighted by molar-refractivity contribution is 7.92. The third-order valence-electron chi connectivity index (χ3n) is 4.97. The Bertz CT molecular complexity index is 1250. The molecule has 0 N–H and O–H groups in total. The minimum atomic E-state index is -3.88. The molecular formula is C25H25NO6S. The average molecular weight is 468 g/mol. The molecular weight excluding hydrogens is 442 g/mol. The van der Waals surface area contributed by atoms with Gasteiger partial charge < -0.3 is 9.47 Å².